The van der Waals surface area contributed by atoms with E-state index in [0.29, 0.717) is 13.3 Å². The maximum Gasteiger partial charge on any atom is 0.426 e. The summed E-state index contributed by atoms with van der Waals surface area (Å²) in [6.45, 7) is 0.687. The molecule has 2 rings (SSSR count). The van der Waals surface area contributed by atoms with Crippen LogP contribution in [0.5, 0.6) is 0 Å². The van der Waals surface area contributed by atoms with E-state index in [1.165, 1.54) is 0 Å². The Morgan fingerprint density at radius 1 is 1.27 bits per heavy atom. The van der Waals surface area contributed by atoms with Crippen LogP contribution in [0.25, 0.3) is 5.57 Å². The van der Waals surface area contributed by atoms with Gasteiger partial charge in [-0.3, -0.25) is 4.79 Å². The molecule has 0 radical (unpaired) electrons. The van der Waals surface area contributed by atoms with Gasteiger partial charge in [0.2, 0.25) is 5.60 Å². The van der Waals surface area contributed by atoms with E-state index < -0.39 is 17.7 Å². The first-order chi connectivity index (χ1) is 10.1. The van der Waals surface area contributed by atoms with Gasteiger partial charge >= 0.3 is 6.18 Å². The second kappa shape index (κ2) is 6.04. The molecule has 22 heavy (non-hydrogen) atoms. The SMILES string of the molecule is CC(O)(C(=O)N1CC=C(c2ccc(Br)cc2)CC1)C(F)(F)F. The normalized spacial score (nSPS) is 18.6. The molecule has 0 bridgehead atoms. The summed E-state index contributed by atoms with van der Waals surface area (Å²) in [6.07, 6.45) is -2.82. The fourth-order valence-corrected chi connectivity index (χ4v) is 2.47. The Labute approximate surface area is 134 Å². The van der Waals surface area contributed by atoms with E-state index in [-0.39, 0.29) is 13.1 Å². The molecule has 0 fully saturated rings. The molecule has 1 amide bonds. The van der Waals surface area contributed by atoms with Crippen molar-refractivity contribution in [3.8, 4) is 0 Å². The maximum atomic E-state index is 12.7. The van der Waals surface area contributed by atoms with Crippen molar-refractivity contribution in [1.29, 1.82) is 0 Å². The van der Waals surface area contributed by atoms with Crippen molar-refractivity contribution in [2.75, 3.05) is 13.1 Å². The number of alkyl halides is 3. The zero-order valence-corrected chi connectivity index (χ0v) is 13.4. The third-order valence-electron chi connectivity index (χ3n) is 3.68. The summed E-state index contributed by atoms with van der Waals surface area (Å²) in [5, 5.41) is 9.44. The highest BCUT2D eigenvalue weighted by Gasteiger charge is 2.57. The van der Waals surface area contributed by atoms with Crippen molar-refractivity contribution in [2.45, 2.75) is 25.1 Å². The minimum absolute atomic E-state index is 0.0520. The lowest BCUT2D eigenvalue weighted by Gasteiger charge is -2.33. The number of nitrogens with zero attached hydrogens (tertiary/aromatic N) is 1. The van der Waals surface area contributed by atoms with Crippen LogP contribution in [0, 0.1) is 0 Å². The number of carbonyl (C=O) groups excluding carboxylic acids is 1. The van der Waals surface area contributed by atoms with E-state index in [2.05, 4.69) is 15.9 Å². The van der Waals surface area contributed by atoms with E-state index in [1.807, 2.05) is 24.3 Å². The molecule has 120 valence electrons. The molecule has 0 aromatic heterocycles. The quantitative estimate of drug-likeness (QED) is 0.858. The number of rotatable bonds is 2. The van der Waals surface area contributed by atoms with Crippen molar-refractivity contribution < 1.29 is 23.1 Å². The Balaban J connectivity index is 2.11. The van der Waals surface area contributed by atoms with E-state index in [1.54, 1.807) is 6.08 Å². The predicted molar refractivity (Wildman–Crippen MR) is 80.0 cm³/mol. The van der Waals surface area contributed by atoms with Crippen LogP contribution in [-0.2, 0) is 4.79 Å². The predicted octanol–water partition coefficient (Wildman–Crippen LogP) is 3.38. The number of aliphatic hydroxyl groups is 1. The number of benzene rings is 1. The van der Waals surface area contributed by atoms with Crippen LogP contribution in [0.3, 0.4) is 0 Å². The Hall–Kier alpha value is -1.34. The Morgan fingerprint density at radius 3 is 2.32 bits per heavy atom. The molecule has 1 aromatic carbocycles. The number of halogens is 4. The molecule has 1 aromatic rings. The molecule has 0 saturated carbocycles. The van der Waals surface area contributed by atoms with Crippen LogP contribution >= 0.6 is 15.9 Å². The molecule has 7 heteroatoms. The van der Waals surface area contributed by atoms with Gasteiger partial charge in [0.15, 0.2) is 0 Å². The van der Waals surface area contributed by atoms with E-state index in [0.717, 1.165) is 20.5 Å². The molecule has 3 nitrogen and oxygen atoms in total. The minimum atomic E-state index is -4.99. The van der Waals surface area contributed by atoms with Gasteiger partial charge in [-0.1, -0.05) is 34.1 Å². The lowest BCUT2D eigenvalue weighted by atomic mass is 9.97. The van der Waals surface area contributed by atoms with Gasteiger partial charge in [0, 0.05) is 17.6 Å². The third-order valence-corrected chi connectivity index (χ3v) is 4.21. The Kier molecular flexibility index (Phi) is 4.67. The van der Waals surface area contributed by atoms with Crippen molar-refractivity contribution in [1.82, 2.24) is 4.90 Å². The van der Waals surface area contributed by atoms with Crippen LogP contribution in [0.4, 0.5) is 13.2 Å². The largest absolute Gasteiger partial charge is 0.426 e. The molecule has 0 saturated heterocycles. The van der Waals surface area contributed by atoms with Gasteiger partial charge < -0.3 is 10.0 Å². The molecule has 1 aliphatic heterocycles. The summed E-state index contributed by atoms with van der Waals surface area (Å²) >= 11 is 3.33. The Bertz CT molecular complexity index is 594. The van der Waals surface area contributed by atoms with Gasteiger partial charge in [-0.15, -0.1) is 0 Å². The summed E-state index contributed by atoms with van der Waals surface area (Å²) in [5.41, 5.74) is -1.41. The number of carbonyl (C=O) groups is 1. The highest BCUT2D eigenvalue weighted by Crippen LogP contribution is 2.33. The minimum Gasteiger partial charge on any atom is -0.373 e. The standard InChI is InChI=1S/C15H15BrF3NO2/c1-14(22,15(17,18)19)13(21)20-8-6-11(7-9-20)10-2-4-12(16)5-3-10/h2-6,22H,7-9H2,1H3. The van der Waals surface area contributed by atoms with E-state index in [4.69, 9.17) is 0 Å². The highest BCUT2D eigenvalue weighted by molar-refractivity contribution is 9.10. The third kappa shape index (κ3) is 3.35. The van der Waals surface area contributed by atoms with Gasteiger partial charge in [0.25, 0.3) is 5.91 Å². The second-order valence-corrected chi connectivity index (χ2v) is 6.22. The molecule has 1 heterocycles. The molecule has 1 aliphatic rings. The molecule has 0 aliphatic carbocycles. The summed E-state index contributed by atoms with van der Waals surface area (Å²) < 4.78 is 39.0. The molecule has 1 unspecified atom stereocenters. The average molecular weight is 378 g/mol. The highest BCUT2D eigenvalue weighted by atomic mass is 79.9. The first-order valence-corrected chi connectivity index (χ1v) is 7.45. The lowest BCUT2D eigenvalue weighted by molar-refractivity contribution is -0.250. The zero-order valence-electron chi connectivity index (χ0n) is 11.8. The monoisotopic (exact) mass is 377 g/mol. The van der Waals surface area contributed by atoms with Crippen LogP contribution in [-0.4, -0.2) is 40.8 Å². The Morgan fingerprint density at radius 2 is 1.86 bits per heavy atom. The fourth-order valence-electron chi connectivity index (χ4n) is 2.21. The first-order valence-electron chi connectivity index (χ1n) is 6.66. The average Bonchev–Trinajstić information content (AvgIpc) is 2.46. The van der Waals surface area contributed by atoms with Gasteiger partial charge in [0.05, 0.1) is 0 Å². The topological polar surface area (TPSA) is 40.5 Å². The summed E-state index contributed by atoms with van der Waals surface area (Å²) in [5.74, 6) is -1.31. The van der Waals surface area contributed by atoms with Crippen molar-refractivity contribution in [3.63, 3.8) is 0 Å². The lowest BCUT2D eigenvalue weighted by Crippen LogP contribution is -2.56. The van der Waals surface area contributed by atoms with Gasteiger partial charge in [-0.05, 0) is 36.6 Å². The molecule has 1 atom stereocenters. The van der Waals surface area contributed by atoms with Crippen LogP contribution in [0.2, 0.25) is 0 Å². The van der Waals surface area contributed by atoms with Crippen molar-refractivity contribution >= 4 is 27.4 Å². The second-order valence-electron chi connectivity index (χ2n) is 5.31. The molecule has 1 N–H and O–H groups in total. The molecular weight excluding hydrogens is 363 g/mol. The van der Waals surface area contributed by atoms with Crippen LogP contribution in [0.1, 0.15) is 18.9 Å². The molecular formula is C15H15BrF3NO2. The zero-order chi connectivity index (χ0) is 16.5. The first kappa shape index (κ1) is 17.0. The summed E-state index contributed by atoms with van der Waals surface area (Å²) in [6, 6.07) is 7.56. The van der Waals surface area contributed by atoms with Crippen LogP contribution < -0.4 is 0 Å². The summed E-state index contributed by atoms with van der Waals surface area (Å²) in [7, 11) is 0. The van der Waals surface area contributed by atoms with Gasteiger partial charge in [-0.2, -0.15) is 13.2 Å². The molecule has 0 spiro atoms. The van der Waals surface area contributed by atoms with Crippen molar-refractivity contribution in [2.24, 2.45) is 0 Å². The number of hydrogen-bond donors (Lipinski definition) is 1. The number of hydrogen-bond acceptors (Lipinski definition) is 2. The van der Waals surface area contributed by atoms with E-state index in [9.17, 15) is 23.1 Å². The fraction of sp³-hybridized carbons (Fsp3) is 0.400. The van der Waals surface area contributed by atoms with E-state index >= 15 is 0 Å². The summed E-state index contributed by atoms with van der Waals surface area (Å²) in [4.78, 5) is 12.9. The number of amides is 1. The van der Waals surface area contributed by atoms with Crippen LogP contribution in [0.15, 0.2) is 34.8 Å². The smallest absolute Gasteiger partial charge is 0.373 e. The van der Waals surface area contributed by atoms with Gasteiger partial charge in [0.1, 0.15) is 0 Å². The van der Waals surface area contributed by atoms with Crippen molar-refractivity contribution in [3.05, 3.63) is 40.4 Å². The van der Waals surface area contributed by atoms with Gasteiger partial charge in [-0.25, -0.2) is 0 Å². The maximum absolute atomic E-state index is 12.7.